The van der Waals surface area contributed by atoms with Gasteiger partial charge in [0.15, 0.2) is 0 Å². The van der Waals surface area contributed by atoms with E-state index in [0.29, 0.717) is 0 Å². The molecule has 0 saturated carbocycles. The maximum atomic E-state index is 9.99. The van der Waals surface area contributed by atoms with Crippen LogP contribution in [0.3, 0.4) is 0 Å². The fourth-order valence-corrected chi connectivity index (χ4v) is 0.402. The summed E-state index contributed by atoms with van der Waals surface area (Å²) in [7, 11) is 0. The highest BCUT2D eigenvalue weighted by atomic mass is 16.4. The van der Waals surface area contributed by atoms with Crippen LogP contribution in [0.15, 0.2) is 0 Å². The van der Waals surface area contributed by atoms with E-state index in [9.17, 15) is 9.59 Å². The summed E-state index contributed by atoms with van der Waals surface area (Å²) in [6.45, 7) is 2.65. The molecule has 13 heavy (non-hydrogen) atoms. The molecule has 6 heteroatoms. The third-order valence-corrected chi connectivity index (χ3v) is 0.986. The molecule has 1 atom stereocenters. The topological polar surface area (TPSA) is 127 Å². The molecular weight excluding hydrogens is 176 g/mol. The van der Waals surface area contributed by atoms with E-state index in [1.807, 2.05) is 6.92 Å². The molecule has 0 heterocycles. The molecule has 0 unspecified atom stereocenters. The van der Waals surface area contributed by atoms with Gasteiger partial charge in [-0.25, -0.2) is 0 Å². The lowest BCUT2D eigenvalue weighted by molar-refractivity contribution is -0.139. The molecule has 0 spiro atoms. The minimum atomic E-state index is -1.17. The molecule has 0 aliphatic carbocycles. The van der Waals surface area contributed by atoms with Crippen LogP contribution in [0.4, 0.5) is 0 Å². The van der Waals surface area contributed by atoms with Crippen LogP contribution in [-0.4, -0.2) is 34.7 Å². The summed E-state index contributed by atoms with van der Waals surface area (Å²) in [6.07, 6.45) is -0.224. The Balaban J connectivity index is 0. The SMILES string of the molecule is CCN.N[C@@H](CCC(=O)O)C(=O)O. The number of carbonyl (C=O) groups is 2. The molecule has 0 aliphatic rings. The minimum Gasteiger partial charge on any atom is -0.481 e. The normalized spacial score (nSPS) is 11.0. The van der Waals surface area contributed by atoms with Crippen molar-refractivity contribution >= 4 is 11.9 Å². The number of rotatable bonds is 4. The third-order valence-electron chi connectivity index (χ3n) is 0.986. The number of carboxylic acid groups (broad SMARTS) is 2. The van der Waals surface area contributed by atoms with Crippen LogP contribution >= 0.6 is 0 Å². The second-order valence-corrected chi connectivity index (χ2v) is 2.29. The molecule has 6 N–H and O–H groups in total. The molecule has 78 valence electrons. The molecule has 0 fully saturated rings. The summed E-state index contributed by atoms with van der Waals surface area (Å²) in [5.74, 6) is -2.20. The fourth-order valence-electron chi connectivity index (χ4n) is 0.402. The van der Waals surface area contributed by atoms with Gasteiger partial charge >= 0.3 is 11.9 Å². The summed E-state index contributed by atoms with van der Waals surface area (Å²) in [6, 6.07) is -1.06. The highest BCUT2D eigenvalue weighted by Gasteiger charge is 2.12. The number of hydrogen-bond acceptors (Lipinski definition) is 4. The van der Waals surface area contributed by atoms with Crippen LogP contribution in [0.25, 0.3) is 0 Å². The van der Waals surface area contributed by atoms with Gasteiger partial charge in [0, 0.05) is 6.42 Å². The summed E-state index contributed by atoms with van der Waals surface area (Å²) in [5, 5.41) is 16.3. The van der Waals surface area contributed by atoms with Gasteiger partial charge in [-0.3, -0.25) is 9.59 Å². The van der Waals surface area contributed by atoms with E-state index in [4.69, 9.17) is 21.7 Å². The van der Waals surface area contributed by atoms with Crippen molar-refractivity contribution in [2.24, 2.45) is 11.5 Å². The summed E-state index contributed by atoms with van der Waals surface area (Å²) < 4.78 is 0. The molecule has 0 saturated heterocycles. The predicted octanol–water partition coefficient (Wildman–Crippen LogP) is -0.772. The first-order chi connectivity index (χ1) is 5.95. The van der Waals surface area contributed by atoms with Gasteiger partial charge in [-0.1, -0.05) is 6.92 Å². The quantitative estimate of drug-likeness (QED) is 0.463. The lowest BCUT2D eigenvalue weighted by Gasteiger charge is -2.01. The van der Waals surface area contributed by atoms with E-state index < -0.39 is 18.0 Å². The molecule has 0 radical (unpaired) electrons. The fraction of sp³-hybridized carbons (Fsp3) is 0.714. The first-order valence-corrected chi connectivity index (χ1v) is 3.85. The van der Waals surface area contributed by atoms with Crippen molar-refractivity contribution in [3.8, 4) is 0 Å². The second-order valence-electron chi connectivity index (χ2n) is 2.29. The Morgan fingerprint density at radius 2 is 1.77 bits per heavy atom. The maximum Gasteiger partial charge on any atom is 0.320 e. The van der Waals surface area contributed by atoms with Gasteiger partial charge in [0.05, 0.1) is 0 Å². The molecule has 6 nitrogen and oxygen atoms in total. The van der Waals surface area contributed by atoms with Gasteiger partial charge in [0.1, 0.15) is 6.04 Å². The van der Waals surface area contributed by atoms with E-state index in [2.05, 4.69) is 0 Å². The van der Waals surface area contributed by atoms with Crippen molar-refractivity contribution in [3.63, 3.8) is 0 Å². The largest absolute Gasteiger partial charge is 0.481 e. The molecular formula is C7H16N2O4. The van der Waals surface area contributed by atoms with Gasteiger partial charge in [-0.15, -0.1) is 0 Å². The summed E-state index contributed by atoms with van der Waals surface area (Å²) in [4.78, 5) is 19.9. The van der Waals surface area contributed by atoms with Crippen molar-refractivity contribution in [2.45, 2.75) is 25.8 Å². The highest BCUT2D eigenvalue weighted by Crippen LogP contribution is 1.93. The van der Waals surface area contributed by atoms with Crippen molar-refractivity contribution in [3.05, 3.63) is 0 Å². The maximum absolute atomic E-state index is 9.99. The van der Waals surface area contributed by atoms with Crippen molar-refractivity contribution in [1.82, 2.24) is 0 Å². The summed E-state index contributed by atoms with van der Waals surface area (Å²) >= 11 is 0. The first-order valence-electron chi connectivity index (χ1n) is 3.85. The zero-order chi connectivity index (χ0) is 10.9. The van der Waals surface area contributed by atoms with Crippen LogP contribution < -0.4 is 11.5 Å². The lowest BCUT2D eigenvalue weighted by Crippen LogP contribution is -2.30. The third kappa shape index (κ3) is 13.8. The van der Waals surface area contributed by atoms with Crippen molar-refractivity contribution in [1.29, 1.82) is 0 Å². The Morgan fingerprint density at radius 1 is 1.38 bits per heavy atom. The molecule has 0 aliphatic heterocycles. The van der Waals surface area contributed by atoms with E-state index in [0.717, 1.165) is 6.54 Å². The number of nitrogens with two attached hydrogens (primary N) is 2. The summed E-state index contributed by atoms with van der Waals surface area (Å²) in [5.41, 5.74) is 9.85. The van der Waals surface area contributed by atoms with Gasteiger partial charge < -0.3 is 21.7 Å². The molecule has 0 bridgehead atoms. The van der Waals surface area contributed by atoms with E-state index in [1.165, 1.54) is 0 Å². The number of aliphatic carboxylic acids is 2. The van der Waals surface area contributed by atoms with Crippen molar-refractivity contribution < 1.29 is 19.8 Å². The average Bonchev–Trinajstić information content (AvgIpc) is 2.01. The van der Waals surface area contributed by atoms with E-state index in [1.54, 1.807) is 0 Å². The lowest BCUT2D eigenvalue weighted by atomic mass is 10.2. The van der Waals surface area contributed by atoms with Crippen LogP contribution in [0.5, 0.6) is 0 Å². The van der Waals surface area contributed by atoms with Gasteiger partial charge in [-0.2, -0.15) is 0 Å². The average molecular weight is 192 g/mol. The second kappa shape index (κ2) is 8.95. The predicted molar refractivity (Wildman–Crippen MR) is 47.2 cm³/mol. The molecule has 0 amide bonds. The van der Waals surface area contributed by atoms with E-state index >= 15 is 0 Å². The zero-order valence-electron chi connectivity index (χ0n) is 7.56. The van der Waals surface area contributed by atoms with Crippen LogP contribution in [0.2, 0.25) is 0 Å². The molecule has 0 aromatic rings. The Bertz CT molecular complexity index is 161. The Kier molecular flexibility index (Phi) is 9.91. The van der Waals surface area contributed by atoms with Crippen LogP contribution in [0.1, 0.15) is 19.8 Å². The molecule has 0 aromatic carbocycles. The zero-order valence-corrected chi connectivity index (χ0v) is 7.56. The number of hydrogen-bond donors (Lipinski definition) is 4. The Morgan fingerprint density at radius 3 is 2.00 bits per heavy atom. The highest BCUT2D eigenvalue weighted by molar-refractivity contribution is 5.74. The van der Waals surface area contributed by atoms with Gasteiger partial charge in [0.2, 0.25) is 0 Å². The smallest absolute Gasteiger partial charge is 0.320 e. The minimum absolute atomic E-state index is 0.0231. The number of carboxylic acids is 2. The van der Waals surface area contributed by atoms with Crippen molar-refractivity contribution in [2.75, 3.05) is 6.54 Å². The molecule has 0 aromatic heterocycles. The Labute approximate surface area is 76.5 Å². The first kappa shape index (κ1) is 14.4. The van der Waals surface area contributed by atoms with Crippen LogP contribution in [-0.2, 0) is 9.59 Å². The van der Waals surface area contributed by atoms with Gasteiger partial charge in [-0.05, 0) is 13.0 Å². The van der Waals surface area contributed by atoms with Crippen LogP contribution in [0, 0.1) is 0 Å². The standard InChI is InChI=1S/C5H9NO4.C2H7N/c6-3(5(9)10)1-2-4(7)8;1-2-3/h3H,1-2,6H2,(H,7,8)(H,9,10);2-3H2,1H3/t3-;/m0./s1. The molecule has 0 rings (SSSR count). The monoisotopic (exact) mass is 192 g/mol. The van der Waals surface area contributed by atoms with Gasteiger partial charge in [0.25, 0.3) is 0 Å². The van der Waals surface area contributed by atoms with E-state index in [-0.39, 0.29) is 12.8 Å². The Hall–Kier alpha value is -1.14.